The number of benzene rings is 3. The zero-order valence-corrected chi connectivity index (χ0v) is 27.0. The summed E-state index contributed by atoms with van der Waals surface area (Å²) < 4.78 is 5.57. The van der Waals surface area contributed by atoms with Crippen LogP contribution in [-0.2, 0) is 48.0 Å². The number of carbonyl (C=O) groups excluding carboxylic acids is 5. The summed E-state index contributed by atoms with van der Waals surface area (Å²) in [5, 5.41) is 12.9. The first kappa shape index (κ1) is 33.0. The van der Waals surface area contributed by atoms with Crippen molar-refractivity contribution >= 4 is 51.4 Å². The highest BCUT2D eigenvalue weighted by molar-refractivity contribution is 5.96. The van der Waals surface area contributed by atoms with E-state index < -0.39 is 53.8 Å². The van der Waals surface area contributed by atoms with E-state index in [1.165, 1.54) is 6.92 Å². The molecule has 0 aliphatic carbocycles. The average Bonchev–Trinajstić information content (AvgIpc) is 3.70. The van der Waals surface area contributed by atoms with Crippen molar-refractivity contribution in [2.45, 2.75) is 56.8 Å². The summed E-state index contributed by atoms with van der Waals surface area (Å²) in [6.07, 6.45) is 2.51. The number of carbonyl (C=O) groups is 5. The highest BCUT2D eigenvalue weighted by atomic mass is 16.5. The Balaban J connectivity index is 1.31. The van der Waals surface area contributed by atoms with Crippen molar-refractivity contribution in [3.05, 3.63) is 108 Å². The molecule has 0 spiro atoms. The topological polar surface area (TPSA) is 174 Å². The van der Waals surface area contributed by atoms with Crippen LogP contribution in [0.4, 0.5) is 0 Å². The summed E-state index contributed by atoms with van der Waals surface area (Å²) in [4.78, 5) is 74.0. The first-order chi connectivity index (χ1) is 23.7. The lowest BCUT2D eigenvalue weighted by Crippen LogP contribution is -2.60. The Morgan fingerprint density at radius 2 is 1.29 bits per heavy atom. The molecular weight excluding hydrogens is 624 g/mol. The van der Waals surface area contributed by atoms with Crippen molar-refractivity contribution in [3.63, 3.8) is 0 Å². The summed E-state index contributed by atoms with van der Waals surface area (Å²) in [7, 11) is 0. The summed E-state index contributed by atoms with van der Waals surface area (Å²) in [5.74, 6) is -2.91. The smallest absolute Gasteiger partial charge is 0.307 e. The predicted octanol–water partition coefficient (Wildman–Crippen LogP) is 2.58. The van der Waals surface area contributed by atoms with Gasteiger partial charge in [0.2, 0.25) is 23.6 Å². The number of fused-ring (bicyclic) bond motifs is 2. The SMILES string of the molecule is C[C@H]1OC(=O)CCNC(=O)[C@@H](Cc2c[nH]c3ccccc23)NC(=O)[C@@H](Cc2c[nH]c3ccccc23)NC(=O)[C@H]1NC(=O)Cc1ccccc1. The molecule has 0 bridgehead atoms. The summed E-state index contributed by atoms with van der Waals surface area (Å²) in [6.45, 7) is 1.45. The minimum absolute atomic E-state index is 0.00785. The molecule has 4 amide bonds. The van der Waals surface area contributed by atoms with E-state index in [2.05, 4.69) is 31.2 Å². The van der Waals surface area contributed by atoms with Crippen LogP contribution in [0.1, 0.15) is 30.0 Å². The number of ether oxygens (including phenoxy) is 1. The summed E-state index contributed by atoms with van der Waals surface area (Å²) in [5.41, 5.74) is 4.04. The Hall–Kier alpha value is -5.91. The molecule has 4 atom stereocenters. The minimum atomic E-state index is -1.31. The highest BCUT2D eigenvalue weighted by Gasteiger charge is 2.35. The van der Waals surface area contributed by atoms with Gasteiger partial charge in [-0.15, -0.1) is 0 Å². The number of amides is 4. The van der Waals surface area contributed by atoms with Gasteiger partial charge in [-0.2, -0.15) is 0 Å². The lowest BCUT2D eigenvalue weighted by Gasteiger charge is -2.28. The molecule has 2 aromatic heterocycles. The summed E-state index contributed by atoms with van der Waals surface area (Å²) in [6, 6.07) is 20.7. The van der Waals surface area contributed by atoms with Crippen LogP contribution < -0.4 is 21.3 Å². The minimum Gasteiger partial charge on any atom is -0.460 e. The Morgan fingerprint density at radius 3 is 1.92 bits per heavy atom. The first-order valence-corrected chi connectivity index (χ1v) is 16.3. The van der Waals surface area contributed by atoms with Gasteiger partial charge in [-0.1, -0.05) is 66.7 Å². The van der Waals surface area contributed by atoms with Gasteiger partial charge in [0.25, 0.3) is 0 Å². The molecule has 0 radical (unpaired) electrons. The largest absolute Gasteiger partial charge is 0.460 e. The van der Waals surface area contributed by atoms with E-state index in [9.17, 15) is 24.0 Å². The van der Waals surface area contributed by atoms with Gasteiger partial charge >= 0.3 is 5.97 Å². The highest BCUT2D eigenvalue weighted by Crippen LogP contribution is 2.21. The number of esters is 1. The number of cyclic esters (lactones) is 1. The maximum atomic E-state index is 14.1. The lowest BCUT2D eigenvalue weighted by molar-refractivity contribution is -0.152. The number of aromatic nitrogens is 2. The standard InChI is InChI=1S/C37H38N6O6/c1-22-34(43-32(44)17-23-9-3-2-4-10-23)37(48)42-31(19-25-21-40-29-14-8-6-12-27(25)29)36(47)41-30(35(46)38-16-15-33(45)49-22)18-24-20-39-28-13-7-5-11-26(24)28/h2-14,20-22,30-31,34,39-40H,15-19H2,1H3,(H,38,46)(H,41,47)(H,42,48)(H,43,44)/t22-,30-,31-,34+/m1/s1. The molecule has 12 heteroatoms. The fourth-order valence-corrected chi connectivity index (χ4v) is 6.14. The third kappa shape index (κ3) is 7.98. The maximum Gasteiger partial charge on any atom is 0.307 e. The number of aromatic amines is 2. The Labute approximate surface area is 282 Å². The molecule has 0 saturated carbocycles. The van der Waals surface area contributed by atoms with E-state index in [0.29, 0.717) is 0 Å². The van der Waals surface area contributed by atoms with E-state index in [0.717, 1.165) is 38.5 Å². The van der Waals surface area contributed by atoms with Crippen molar-refractivity contribution in [2.75, 3.05) is 6.54 Å². The first-order valence-electron chi connectivity index (χ1n) is 16.3. The van der Waals surface area contributed by atoms with Crippen LogP contribution >= 0.6 is 0 Å². The van der Waals surface area contributed by atoms with Crippen LogP contribution in [0.15, 0.2) is 91.3 Å². The van der Waals surface area contributed by atoms with Gasteiger partial charge < -0.3 is 36.0 Å². The zero-order chi connectivity index (χ0) is 34.3. The second kappa shape index (κ2) is 14.9. The van der Waals surface area contributed by atoms with E-state index in [4.69, 9.17) is 4.74 Å². The fourth-order valence-electron chi connectivity index (χ4n) is 6.14. The second-order valence-electron chi connectivity index (χ2n) is 12.2. The predicted molar refractivity (Wildman–Crippen MR) is 183 cm³/mol. The molecule has 0 unspecified atom stereocenters. The van der Waals surface area contributed by atoms with Crippen LogP contribution in [0.2, 0.25) is 0 Å². The van der Waals surface area contributed by atoms with Crippen LogP contribution in [0.3, 0.4) is 0 Å². The molecule has 6 rings (SSSR count). The van der Waals surface area contributed by atoms with Crippen LogP contribution in [-0.4, -0.2) is 70.3 Å². The lowest BCUT2D eigenvalue weighted by atomic mass is 10.0. The second-order valence-corrected chi connectivity index (χ2v) is 12.2. The average molecular weight is 663 g/mol. The van der Waals surface area contributed by atoms with Gasteiger partial charge in [-0.05, 0) is 35.7 Å². The van der Waals surface area contributed by atoms with Gasteiger partial charge in [0.15, 0.2) is 0 Å². The Morgan fingerprint density at radius 1 is 0.735 bits per heavy atom. The normalized spacial score (nSPS) is 20.9. The van der Waals surface area contributed by atoms with Crippen molar-refractivity contribution in [1.29, 1.82) is 0 Å². The molecule has 252 valence electrons. The van der Waals surface area contributed by atoms with Crippen molar-refractivity contribution in [2.24, 2.45) is 0 Å². The van der Waals surface area contributed by atoms with E-state index in [-0.39, 0.29) is 32.2 Å². The van der Waals surface area contributed by atoms with E-state index in [1.807, 2.05) is 54.6 Å². The number of nitrogens with one attached hydrogen (secondary N) is 6. The number of hydrogen-bond acceptors (Lipinski definition) is 6. The number of rotatable bonds is 7. The molecule has 1 aliphatic heterocycles. The third-order valence-corrected chi connectivity index (χ3v) is 8.69. The number of para-hydroxylation sites is 2. The molecule has 49 heavy (non-hydrogen) atoms. The van der Waals surface area contributed by atoms with Gasteiger partial charge in [0.05, 0.1) is 12.8 Å². The van der Waals surface area contributed by atoms with Crippen LogP contribution in [0.25, 0.3) is 21.8 Å². The number of hydrogen-bond donors (Lipinski definition) is 6. The van der Waals surface area contributed by atoms with E-state index >= 15 is 0 Å². The Kier molecular flexibility index (Phi) is 10.0. The summed E-state index contributed by atoms with van der Waals surface area (Å²) >= 11 is 0. The molecule has 1 saturated heterocycles. The van der Waals surface area contributed by atoms with Crippen LogP contribution in [0, 0.1) is 0 Å². The van der Waals surface area contributed by atoms with Gasteiger partial charge in [-0.25, -0.2) is 0 Å². The molecule has 3 aromatic carbocycles. The van der Waals surface area contributed by atoms with Crippen molar-refractivity contribution in [3.8, 4) is 0 Å². The van der Waals surface area contributed by atoms with Crippen molar-refractivity contribution in [1.82, 2.24) is 31.2 Å². The molecule has 12 nitrogen and oxygen atoms in total. The van der Waals surface area contributed by atoms with Gasteiger partial charge in [-0.3, -0.25) is 24.0 Å². The molecule has 5 aromatic rings. The van der Waals surface area contributed by atoms with Gasteiger partial charge in [0.1, 0.15) is 24.2 Å². The monoisotopic (exact) mass is 662 g/mol. The number of H-pyrrole nitrogens is 2. The fraction of sp³-hybridized carbons (Fsp3) is 0.270. The maximum absolute atomic E-state index is 14.1. The third-order valence-electron chi connectivity index (χ3n) is 8.69. The molecule has 6 N–H and O–H groups in total. The molecular formula is C37H38N6O6. The molecule has 1 fully saturated rings. The molecule has 3 heterocycles. The van der Waals surface area contributed by atoms with E-state index in [1.54, 1.807) is 36.7 Å². The zero-order valence-electron chi connectivity index (χ0n) is 27.0. The van der Waals surface area contributed by atoms with Crippen LogP contribution in [0.5, 0.6) is 0 Å². The molecule has 1 aliphatic rings. The van der Waals surface area contributed by atoms with Crippen molar-refractivity contribution < 1.29 is 28.7 Å². The quantitative estimate of drug-likeness (QED) is 0.146. The van der Waals surface area contributed by atoms with Gasteiger partial charge in [0, 0.05) is 53.6 Å². The Bertz CT molecular complexity index is 1980.